The minimum atomic E-state index is -0.726. The molecule has 1 fully saturated rings. The second-order valence-electron chi connectivity index (χ2n) is 9.50. The van der Waals surface area contributed by atoms with Gasteiger partial charge in [0.1, 0.15) is 0 Å². The molecule has 0 radical (unpaired) electrons. The molecule has 4 nitrogen and oxygen atoms in total. The molecular formula is C29H40N2O2. The number of benzene rings is 1. The first-order valence-electron chi connectivity index (χ1n) is 13.0. The van der Waals surface area contributed by atoms with E-state index < -0.39 is 5.97 Å². The lowest BCUT2D eigenvalue weighted by Crippen LogP contribution is -2.19. The first-order chi connectivity index (χ1) is 16.1. The number of hydrogen-bond donors (Lipinski definition) is 1. The molecule has 0 atom stereocenters. The number of nitrogens with zero attached hydrogens (tertiary/aromatic N) is 2. The topological polar surface area (TPSA) is 63.1 Å². The number of aliphatic carboxylic acids is 1. The highest BCUT2D eigenvalue weighted by Crippen LogP contribution is 2.39. The van der Waals surface area contributed by atoms with Gasteiger partial charge in [-0.25, -0.2) is 14.8 Å². The van der Waals surface area contributed by atoms with Crippen molar-refractivity contribution in [2.45, 2.75) is 96.8 Å². The Morgan fingerprint density at radius 2 is 1.58 bits per heavy atom. The van der Waals surface area contributed by atoms with Crippen LogP contribution in [0.2, 0.25) is 0 Å². The predicted octanol–water partition coefficient (Wildman–Crippen LogP) is 7.74. The van der Waals surface area contributed by atoms with Crippen molar-refractivity contribution in [1.82, 2.24) is 9.97 Å². The first-order valence-corrected chi connectivity index (χ1v) is 13.0. The molecule has 2 aromatic rings. The molecule has 0 unspecified atom stereocenters. The van der Waals surface area contributed by atoms with Crippen LogP contribution in [0.5, 0.6) is 0 Å². The number of carboxylic acid groups (broad SMARTS) is 1. The van der Waals surface area contributed by atoms with Crippen molar-refractivity contribution >= 4 is 5.97 Å². The highest BCUT2D eigenvalue weighted by molar-refractivity contribution is 5.87. The molecule has 3 rings (SSSR count). The molecule has 0 amide bonds. The van der Waals surface area contributed by atoms with Crippen molar-refractivity contribution in [2.75, 3.05) is 0 Å². The van der Waals surface area contributed by atoms with Crippen LogP contribution in [-0.2, 0) is 11.2 Å². The molecule has 0 bridgehead atoms. The number of carboxylic acids is 1. The van der Waals surface area contributed by atoms with Crippen LogP contribution >= 0.6 is 0 Å². The van der Waals surface area contributed by atoms with Gasteiger partial charge >= 0.3 is 5.97 Å². The predicted molar refractivity (Wildman–Crippen MR) is 135 cm³/mol. The average Bonchev–Trinajstić information content (AvgIpc) is 2.85. The minimum Gasteiger partial charge on any atom is -0.478 e. The molecule has 0 aliphatic heterocycles. The van der Waals surface area contributed by atoms with E-state index in [1.807, 2.05) is 18.5 Å². The summed E-state index contributed by atoms with van der Waals surface area (Å²) in [6.45, 7) is 4.39. The van der Waals surface area contributed by atoms with E-state index in [1.165, 1.54) is 36.8 Å². The van der Waals surface area contributed by atoms with Gasteiger partial charge in [0.15, 0.2) is 5.82 Å². The molecule has 1 aliphatic carbocycles. The maximum absolute atomic E-state index is 11.8. The van der Waals surface area contributed by atoms with Gasteiger partial charge in [-0.2, -0.15) is 0 Å². The molecule has 0 saturated heterocycles. The van der Waals surface area contributed by atoms with E-state index in [1.54, 1.807) is 0 Å². The van der Waals surface area contributed by atoms with Crippen molar-refractivity contribution in [3.05, 3.63) is 59.4 Å². The minimum absolute atomic E-state index is 0.198. The number of rotatable bonds is 12. The maximum atomic E-state index is 11.8. The van der Waals surface area contributed by atoms with E-state index in [-0.39, 0.29) is 5.92 Å². The fraction of sp³-hybridized carbons (Fsp3) is 0.552. The second-order valence-corrected chi connectivity index (χ2v) is 9.50. The third kappa shape index (κ3) is 7.52. The van der Waals surface area contributed by atoms with Gasteiger partial charge in [0.2, 0.25) is 0 Å². The van der Waals surface area contributed by atoms with Gasteiger partial charge in [-0.3, -0.25) is 0 Å². The van der Waals surface area contributed by atoms with E-state index in [0.717, 1.165) is 62.8 Å². The number of aryl methyl sites for hydroxylation is 1. The molecule has 1 aliphatic rings. The van der Waals surface area contributed by atoms with Gasteiger partial charge < -0.3 is 5.11 Å². The highest BCUT2D eigenvalue weighted by Gasteiger charge is 2.27. The average molecular weight is 449 g/mol. The number of hydrogen-bond acceptors (Lipinski definition) is 3. The summed E-state index contributed by atoms with van der Waals surface area (Å²) in [4.78, 5) is 21.0. The first kappa shape index (κ1) is 25.1. The maximum Gasteiger partial charge on any atom is 0.331 e. The normalized spacial score (nSPS) is 18.9. The van der Waals surface area contributed by atoms with Crippen molar-refractivity contribution in [1.29, 1.82) is 0 Å². The number of aromatic nitrogens is 2. The summed E-state index contributed by atoms with van der Waals surface area (Å²) in [5, 5.41) is 9.69. The van der Waals surface area contributed by atoms with Crippen LogP contribution in [0.15, 0.2) is 48.3 Å². The largest absolute Gasteiger partial charge is 0.478 e. The third-order valence-electron chi connectivity index (χ3n) is 7.00. The van der Waals surface area contributed by atoms with Crippen molar-refractivity contribution in [3.8, 4) is 11.4 Å². The van der Waals surface area contributed by atoms with Crippen LogP contribution in [0, 0.1) is 5.92 Å². The standard InChI is InChI=1S/C29H40N2O2/c1-3-5-7-9-11-27(29(32)33)25-16-12-23(13-17-25)24-14-18-26(19-15-24)28-30-20-22(21-31-28)10-8-6-4-2/h11,14-15,18-21,23,25H,3-10,12-13,16-17H2,1-2H3,(H,32,33). The summed E-state index contributed by atoms with van der Waals surface area (Å²) < 4.78 is 0. The highest BCUT2D eigenvalue weighted by atomic mass is 16.4. The summed E-state index contributed by atoms with van der Waals surface area (Å²) in [6, 6.07) is 8.67. The monoisotopic (exact) mass is 448 g/mol. The fourth-order valence-electron chi connectivity index (χ4n) is 4.93. The number of unbranched alkanes of at least 4 members (excludes halogenated alkanes) is 5. The Hall–Kier alpha value is -2.49. The molecule has 4 heteroatoms. The fourth-order valence-corrected chi connectivity index (χ4v) is 4.93. The molecule has 33 heavy (non-hydrogen) atoms. The number of carbonyl (C=O) groups is 1. The van der Waals surface area contributed by atoms with Crippen molar-refractivity contribution < 1.29 is 9.90 Å². The van der Waals surface area contributed by atoms with Gasteiger partial charge in [-0.15, -0.1) is 0 Å². The molecule has 178 valence electrons. The lowest BCUT2D eigenvalue weighted by molar-refractivity contribution is -0.133. The zero-order chi connectivity index (χ0) is 23.5. The second kappa shape index (κ2) is 13.3. The summed E-state index contributed by atoms with van der Waals surface area (Å²) in [5.74, 6) is 0.760. The van der Waals surface area contributed by atoms with Crippen LogP contribution in [0.25, 0.3) is 11.4 Å². The zero-order valence-corrected chi connectivity index (χ0v) is 20.4. The van der Waals surface area contributed by atoms with Crippen LogP contribution in [-0.4, -0.2) is 21.0 Å². The smallest absolute Gasteiger partial charge is 0.331 e. The Bertz CT molecular complexity index is 879. The Kier molecular flexibility index (Phi) is 10.1. The summed E-state index contributed by atoms with van der Waals surface area (Å²) >= 11 is 0. The van der Waals surface area contributed by atoms with E-state index in [2.05, 4.69) is 48.1 Å². The van der Waals surface area contributed by atoms with Crippen LogP contribution in [0.4, 0.5) is 0 Å². The van der Waals surface area contributed by atoms with E-state index >= 15 is 0 Å². The van der Waals surface area contributed by atoms with Crippen LogP contribution in [0.1, 0.15) is 102 Å². The van der Waals surface area contributed by atoms with Crippen molar-refractivity contribution in [3.63, 3.8) is 0 Å². The van der Waals surface area contributed by atoms with E-state index in [0.29, 0.717) is 11.5 Å². The lowest BCUT2D eigenvalue weighted by Gasteiger charge is -2.29. The van der Waals surface area contributed by atoms with Gasteiger partial charge in [-0.05, 0) is 74.3 Å². The molecule has 1 aromatic carbocycles. The van der Waals surface area contributed by atoms with Gasteiger partial charge in [-0.1, -0.05) is 69.9 Å². The van der Waals surface area contributed by atoms with Crippen LogP contribution in [0.3, 0.4) is 0 Å². The summed E-state index contributed by atoms with van der Waals surface area (Å²) in [6.07, 6.45) is 18.9. The molecule has 1 N–H and O–H groups in total. The molecule has 1 aromatic heterocycles. The van der Waals surface area contributed by atoms with E-state index in [9.17, 15) is 9.90 Å². The Labute approximate surface area is 199 Å². The van der Waals surface area contributed by atoms with E-state index in [4.69, 9.17) is 0 Å². The zero-order valence-electron chi connectivity index (χ0n) is 20.4. The van der Waals surface area contributed by atoms with Crippen molar-refractivity contribution in [2.24, 2.45) is 5.92 Å². The van der Waals surface area contributed by atoms with Gasteiger partial charge in [0.05, 0.1) is 0 Å². The Morgan fingerprint density at radius 1 is 0.939 bits per heavy atom. The molecule has 1 saturated carbocycles. The molecule has 0 spiro atoms. The Balaban J connectivity index is 1.55. The number of allylic oxidation sites excluding steroid dienone is 1. The summed E-state index contributed by atoms with van der Waals surface area (Å²) in [7, 11) is 0. The molecular weight excluding hydrogens is 408 g/mol. The lowest BCUT2D eigenvalue weighted by atomic mass is 9.75. The van der Waals surface area contributed by atoms with Gasteiger partial charge in [0, 0.05) is 23.5 Å². The van der Waals surface area contributed by atoms with Crippen LogP contribution < -0.4 is 0 Å². The summed E-state index contributed by atoms with van der Waals surface area (Å²) in [5.41, 5.74) is 4.25. The molecule has 1 heterocycles. The Morgan fingerprint density at radius 3 is 2.18 bits per heavy atom. The van der Waals surface area contributed by atoms with Gasteiger partial charge in [0.25, 0.3) is 0 Å². The third-order valence-corrected chi connectivity index (χ3v) is 7.00. The quantitative estimate of drug-likeness (QED) is 0.266. The SMILES string of the molecule is CCCCCC=C(C(=O)O)C1CCC(c2ccc(-c3ncc(CCCCC)cn3)cc2)CC1.